The lowest BCUT2D eigenvalue weighted by atomic mass is 9.97. The molecule has 1 nitrogen and oxygen atoms in total. The van der Waals surface area contributed by atoms with Gasteiger partial charge in [-0.15, -0.1) is 0 Å². The fourth-order valence-electron chi connectivity index (χ4n) is 1.69. The average Bonchev–Trinajstić information content (AvgIpc) is 2.67. The van der Waals surface area contributed by atoms with Gasteiger partial charge in [0.05, 0.1) is 5.70 Å². The van der Waals surface area contributed by atoms with Crippen molar-refractivity contribution >= 4 is 5.70 Å². The molecule has 1 aliphatic heterocycles. The molecular weight excluding hydrogens is 170 g/mol. The van der Waals surface area contributed by atoms with E-state index in [1.165, 1.54) is 22.3 Å². The molecule has 71 valence electrons. The van der Waals surface area contributed by atoms with E-state index in [4.69, 9.17) is 0 Å². The Balaban J connectivity index is 2.50. The van der Waals surface area contributed by atoms with Gasteiger partial charge in [0.25, 0.3) is 0 Å². The third kappa shape index (κ3) is 1.35. The average molecular weight is 184 g/mol. The van der Waals surface area contributed by atoms with Crippen molar-refractivity contribution in [3.05, 3.63) is 52.7 Å². The van der Waals surface area contributed by atoms with E-state index in [-0.39, 0.29) is 0 Å². The number of hydrogen-bond donors (Lipinski definition) is 0. The minimum Gasteiger partial charge on any atom is -0.256 e. The van der Waals surface area contributed by atoms with Crippen molar-refractivity contribution in [2.45, 2.75) is 20.8 Å². The standard InChI is InChI=1S/C13H14N/c1-9-6-7-12(11(3)10(9)2)13-5-4-8-14-13/h4-8H,1-3H3. The summed E-state index contributed by atoms with van der Waals surface area (Å²) in [6, 6.07) is 4.31. The summed E-state index contributed by atoms with van der Waals surface area (Å²) in [7, 11) is 0. The fraction of sp³-hybridized carbons (Fsp3) is 0.231. The number of hydrogen-bond acceptors (Lipinski definition) is 0. The van der Waals surface area contributed by atoms with Gasteiger partial charge >= 0.3 is 0 Å². The highest BCUT2D eigenvalue weighted by molar-refractivity contribution is 5.71. The molecule has 14 heavy (non-hydrogen) atoms. The third-order valence-electron chi connectivity index (χ3n) is 2.89. The summed E-state index contributed by atoms with van der Waals surface area (Å²) < 4.78 is 0. The van der Waals surface area contributed by atoms with Gasteiger partial charge in [0, 0.05) is 11.8 Å². The highest BCUT2D eigenvalue weighted by atomic mass is 14.9. The Morgan fingerprint density at radius 1 is 1.00 bits per heavy atom. The van der Waals surface area contributed by atoms with Crippen molar-refractivity contribution in [2.24, 2.45) is 0 Å². The lowest BCUT2D eigenvalue weighted by molar-refractivity contribution is 1.18. The number of nitrogens with zero attached hydrogens (tertiary/aromatic N) is 1. The molecular formula is C13H14N. The Morgan fingerprint density at radius 2 is 1.79 bits per heavy atom. The molecule has 0 saturated carbocycles. The summed E-state index contributed by atoms with van der Waals surface area (Å²) in [6.07, 6.45) is 5.87. The molecule has 1 heterocycles. The first kappa shape index (κ1) is 9.07. The second-order valence-corrected chi connectivity index (χ2v) is 3.70. The first-order chi connectivity index (χ1) is 6.70. The molecule has 0 aromatic heterocycles. The molecule has 1 radical (unpaired) electrons. The lowest BCUT2D eigenvalue weighted by Crippen LogP contribution is -1.98. The Morgan fingerprint density at radius 3 is 2.43 bits per heavy atom. The van der Waals surface area contributed by atoms with Crippen LogP contribution in [-0.4, -0.2) is 0 Å². The van der Waals surface area contributed by atoms with E-state index >= 15 is 0 Å². The van der Waals surface area contributed by atoms with E-state index in [2.05, 4.69) is 44.3 Å². The SMILES string of the molecule is Cc1ccc(C2=CC=C[N]2)c(C)c1C. The van der Waals surface area contributed by atoms with Crippen LogP contribution < -0.4 is 5.32 Å². The normalized spacial score (nSPS) is 14.1. The first-order valence-electron chi connectivity index (χ1n) is 4.85. The van der Waals surface area contributed by atoms with Gasteiger partial charge in [-0.1, -0.05) is 12.1 Å². The van der Waals surface area contributed by atoms with E-state index in [1.807, 2.05) is 12.3 Å². The van der Waals surface area contributed by atoms with Crippen molar-refractivity contribution in [1.82, 2.24) is 5.32 Å². The molecule has 1 heteroatoms. The molecule has 0 fully saturated rings. The first-order valence-corrected chi connectivity index (χ1v) is 4.85. The maximum Gasteiger partial charge on any atom is 0.0705 e. The molecule has 0 amide bonds. The summed E-state index contributed by atoms with van der Waals surface area (Å²) in [6.45, 7) is 6.47. The summed E-state index contributed by atoms with van der Waals surface area (Å²) in [5, 5.41) is 4.32. The van der Waals surface area contributed by atoms with Crippen LogP contribution in [0.1, 0.15) is 22.3 Å². The number of aryl methyl sites for hydroxylation is 1. The van der Waals surface area contributed by atoms with Crippen LogP contribution in [0.3, 0.4) is 0 Å². The number of allylic oxidation sites excluding steroid dienone is 2. The molecule has 0 saturated heterocycles. The Labute approximate surface area is 85.2 Å². The fourth-order valence-corrected chi connectivity index (χ4v) is 1.69. The third-order valence-corrected chi connectivity index (χ3v) is 2.89. The summed E-state index contributed by atoms with van der Waals surface area (Å²) in [5.41, 5.74) is 6.37. The number of benzene rings is 1. The topological polar surface area (TPSA) is 14.1 Å². The summed E-state index contributed by atoms with van der Waals surface area (Å²) in [4.78, 5) is 0. The van der Waals surface area contributed by atoms with Crippen LogP contribution in [-0.2, 0) is 0 Å². The van der Waals surface area contributed by atoms with E-state index < -0.39 is 0 Å². The van der Waals surface area contributed by atoms with Crippen LogP contribution in [0, 0.1) is 20.8 Å². The largest absolute Gasteiger partial charge is 0.256 e. The molecule has 1 aliphatic rings. The van der Waals surface area contributed by atoms with Crippen LogP contribution in [0.15, 0.2) is 30.5 Å². The van der Waals surface area contributed by atoms with Gasteiger partial charge in [-0.2, -0.15) is 0 Å². The van der Waals surface area contributed by atoms with Crippen molar-refractivity contribution in [1.29, 1.82) is 0 Å². The monoisotopic (exact) mass is 184 g/mol. The van der Waals surface area contributed by atoms with Gasteiger partial charge in [-0.25, -0.2) is 0 Å². The molecule has 0 bridgehead atoms. The van der Waals surface area contributed by atoms with Gasteiger partial charge in [0.2, 0.25) is 0 Å². The molecule has 1 aromatic rings. The molecule has 0 N–H and O–H groups in total. The molecule has 2 rings (SSSR count). The van der Waals surface area contributed by atoms with E-state index in [1.54, 1.807) is 0 Å². The van der Waals surface area contributed by atoms with Crippen LogP contribution in [0.25, 0.3) is 5.70 Å². The Kier molecular flexibility index (Phi) is 2.16. The predicted octanol–water partition coefficient (Wildman–Crippen LogP) is 3.08. The van der Waals surface area contributed by atoms with E-state index in [0.29, 0.717) is 0 Å². The quantitative estimate of drug-likeness (QED) is 0.636. The zero-order chi connectivity index (χ0) is 10.1. The zero-order valence-corrected chi connectivity index (χ0v) is 8.83. The van der Waals surface area contributed by atoms with Crippen molar-refractivity contribution in [3.8, 4) is 0 Å². The van der Waals surface area contributed by atoms with E-state index in [9.17, 15) is 0 Å². The molecule has 1 aromatic carbocycles. The predicted molar refractivity (Wildman–Crippen MR) is 59.9 cm³/mol. The Hall–Kier alpha value is -1.50. The van der Waals surface area contributed by atoms with Crippen molar-refractivity contribution in [2.75, 3.05) is 0 Å². The smallest absolute Gasteiger partial charge is 0.0705 e. The van der Waals surface area contributed by atoms with Crippen LogP contribution >= 0.6 is 0 Å². The molecule has 0 unspecified atom stereocenters. The van der Waals surface area contributed by atoms with Crippen LogP contribution in [0.4, 0.5) is 0 Å². The summed E-state index contributed by atoms with van der Waals surface area (Å²) >= 11 is 0. The van der Waals surface area contributed by atoms with Gasteiger partial charge in [0.15, 0.2) is 0 Å². The second kappa shape index (κ2) is 3.33. The van der Waals surface area contributed by atoms with Gasteiger partial charge in [-0.05, 0) is 49.6 Å². The summed E-state index contributed by atoms with van der Waals surface area (Å²) in [5.74, 6) is 0. The van der Waals surface area contributed by atoms with Crippen molar-refractivity contribution in [3.63, 3.8) is 0 Å². The minimum absolute atomic E-state index is 1.07. The highest BCUT2D eigenvalue weighted by Crippen LogP contribution is 2.24. The minimum atomic E-state index is 1.07. The molecule has 0 spiro atoms. The van der Waals surface area contributed by atoms with Crippen LogP contribution in [0.2, 0.25) is 0 Å². The second-order valence-electron chi connectivity index (χ2n) is 3.70. The zero-order valence-electron chi connectivity index (χ0n) is 8.83. The maximum absolute atomic E-state index is 4.32. The number of rotatable bonds is 1. The lowest BCUT2D eigenvalue weighted by Gasteiger charge is -2.11. The van der Waals surface area contributed by atoms with Crippen molar-refractivity contribution < 1.29 is 0 Å². The van der Waals surface area contributed by atoms with Crippen LogP contribution in [0.5, 0.6) is 0 Å². The Bertz CT molecular complexity index is 425. The molecule has 0 atom stereocenters. The van der Waals surface area contributed by atoms with Gasteiger partial charge in [-0.3, -0.25) is 5.32 Å². The van der Waals surface area contributed by atoms with E-state index in [0.717, 1.165) is 5.70 Å². The van der Waals surface area contributed by atoms with Gasteiger partial charge in [0.1, 0.15) is 0 Å². The maximum atomic E-state index is 4.32. The van der Waals surface area contributed by atoms with Gasteiger partial charge < -0.3 is 0 Å². The molecule has 0 aliphatic carbocycles. The highest BCUT2D eigenvalue weighted by Gasteiger charge is 2.09.